The first-order valence-electron chi connectivity index (χ1n) is 11.3. The van der Waals surface area contributed by atoms with Crippen LogP contribution in [-0.4, -0.2) is 36.3 Å². The highest BCUT2D eigenvalue weighted by Gasteiger charge is 2.29. The van der Waals surface area contributed by atoms with Gasteiger partial charge in [-0.05, 0) is 62.4 Å². The molecule has 0 atom stereocenters. The molecule has 170 valence electrons. The van der Waals surface area contributed by atoms with Crippen molar-refractivity contribution in [3.63, 3.8) is 0 Å². The van der Waals surface area contributed by atoms with Crippen LogP contribution in [0.3, 0.4) is 0 Å². The molecule has 2 saturated carbocycles. The van der Waals surface area contributed by atoms with Gasteiger partial charge in [-0.25, -0.2) is 0 Å². The summed E-state index contributed by atoms with van der Waals surface area (Å²) < 4.78 is 0. The van der Waals surface area contributed by atoms with Crippen LogP contribution >= 0.6 is 0 Å². The Balaban J connectivity index is 1.38. The predicted octanol–water partition coefficient (Wildman–Crippen LogP) is 2.16. The lowest BCUT2D eigenvalue weighted by Gasteiger charge is -2.21. The maximum Gasteiger partial charge on any atom is 0.251 e. The molecule has 2 aromatic rings. The average molecular weight is 446 g/mol. The van der Waals surface area contributed by atoms with Crippen LogP contribution in [0.25, 0.3) is 0 Å². The Hall–Kier alpha value is -3.81. The minimum Gasteiger partial charge on any atom is -0.383 e. The van der Waals surface area contributed by atoms with Crippen LogP contribution in [0.5, 0.6) is 0 Å². The van der Waals surface area contributed by atoms with E-state index >= 15 is 0 Å². The molecule has 3 aliphatic rings. The number of nitrogens with two attached hydrogens (primary N) is 1. The fraction of sp³-hybridized carbons (Fsp3) is 0.320. The van der Waals surface area contributed by atoms with Crippen LogP contribution in [0.2, 0.25) is 0 Å². The quantitative estimate of drug-likeness (QED) is 0.486. The molecule has 0 unspecified atom stereocenters. The molecular weight excluding hydrogens is 418 g/mol. The molecule has 33 heavy (non-hydrogen) atoms. The highest BCUT2D eigenvalue weighted by atomic mass is 16.2. The van der Waals surface area contributed by atoms with E-state index in [9.17, 15) is 14.4 Å². The van der Waals surface area contributed by atoms with Gasteiger partial charge in [0.05, 0.1) is 6.67 Å². The van der Waals surface area contributed by atoms with Crippen molar-refractivity contribution in [1.29, 1.82) is 0 Å². The molecule has 0 saturated heterocycles. The summed E-state index contributed by atoms with van der Waals surface area (Å²) in [4.78, 5) is 39.9. The lowest BCUT2D eigenvalue weighted by atomic mass is 10.0. The van der Waals surface area contributed by atoms with E-state index in [2.05, 4.69) is 16.0 Å². The second-order valence-corrected chi connectivity index (χ2v) is 8.93. The lowest BCUT2D eigenvalue weighted by Crippen LogP contribution is -2.29. The average Bonchev–Trinajstić information content (AvgIpc) is 3.75. The van der Waals surface area contributed by atoms with Crippen LogP contribution in [0, 0.1) is 6.92 Å². The lowest BCUT2D eigenvalue weighted by molar-refractivity contribution is 0.0942. The summed E-state index contributed by atoms with van der Waals surface area (Å²) in [7, 11) is 0. The van der Waals surface area contributed by atoms with Gasteiger partial charge in [-0.3, -0.25) is 14.4 Å². The van der Waals surface area contributed by atoms with Crippen molar-refractivity contribution in [2.24, 2.45) is 5.73 Å². The third-order valence-electron chi connectivity index (χ3n) is 6.16. The Morgan fingerprint density at radius 1 is 0.909 bits per heavy atom. The van der Waals surface area contributed by atoms with E-state index in [0.717, 1.165) is 36.9 Å². The Morgan fingerprint density at radius 2 is 1.52 bits per heavy atom. The minimum atomic E-state index is -0.281. The number of benzene rings is 2. The maximum atomic E-state index is 13.2. The number of hydrogen-bond acceptors (Lipinski definition) is 6. The molecule has 2 aromatic carbocycles. The van der Waals surface area contributed by atoms with E-state index in [1.807, 2.05) is 13.0 Å². The normalized spacial score (nSPS) is 17.5. The van der Waals surface area contributed by atoms with Gasteiger partial charge in [0.1, 0.15) is 11.5 Å². The first-order chi connectivity index (χ1) is 15.9. The van der Waals surface area contributed by atoms with Crippen molar-refractivity contribution in [2.45, 2.75) is 44.7 Å². The van der Waals surface area contributed by atoms with E-state index in [0.29, 0.717) is 23.4 Å². The second-order valence-electron chi connectivity index (χ2n) is 8.93. The van der Waals surface area contributed by atoms with Crippen molar-refractivity contribution < 1.29 is 14.4 Å². The van der Waals surface area contributed by atoms with Crippen molar-refractivity contribution in [3.05, 3.63) is 76.2 Å². The van der Waals surface area contributed by atoms with Crippen molar-refractivity contribution in [2.75, 3.05) is 11.6 Å². The standard InChI is InChI=1S/C25H27N5O3/c1-14-5-6-17(25(33)29-19-9-10-19)12-20(14)30-13-27-21(23(30)26)22(31)15-3-2-4-16(11-15)24(32)28-18-7-8-18/h2-6,11-12,18-19,27H,7-10,13,26H2,1H3,(H,28,32)(H,29,33). The van der Waals surface area contributed by atoms with Gasteiger partial charge < -0.3 is 26.6 Å². The molecule has 0 spiro atoms. The van der Waals surface area contributed by atoms with E-state index in [1.54, 1.807) is 41.3 Å². The Bertz CT molecular complexity index is 1180. The van der Waals surface area contributed by atoms with Gasteiger partial charge in [0.25, 0.3) is 11.8 Å². The molecule has 5 rings (SSSR count). The van der Waals surface area contributed by atoms with Crippen molar-refractivity contribution >= 4 is 23.3 Å². The van der Waals surface area contributed by atoms with E-state index < -0.39 is 0 Å². The number of allylic oxidation sites excluding steroid dienone is 1. The molecule has 8 heteroatoms. The smallest absolute Gasteiger partial charge is 0.251 e. The molecule has 0 radical (unpaired) electrons. The summed E-state index contributed by atoms with van der Waals surface area (Å²) in [6.45, 7) is 2.25. The number of carbonyl (C=O) groups excluding carboxylic acids is 3. The van der Waals surface area contributed by atoms with Gasteiger partial charge in [-0.15, -0.1) is 0 Å². The minimum absolute atomic E-state index is 0.106. The van der Waals surface area contributed by atoms with Crippen LogP contribution in [-0.2, 0) is 0 Å². The topological polar surface area (TPSA) is 117 Å². The number of anilines is 1. The van der Waals surface area contributed by atoms with E-state index in [1.165, 1.54) is 0 Å². The first kappa shape index (κ1) is 21.1. The van der Waals surface area contributed by atoms with Gasteiger partial charge in [0.2, 0.25) is 5.78 Å². The molecule has 2 fully saturated rings. The number of aryl methyl sites for hydroxylation is 1. The largest absolute Gasteiger partial charge is 0.383 e. The number of amides is 2. The van der Waals surface area contributed by atoms with Crippen LogP contribution in [0.1, 0.15) is 62.3 Å². The zero-order chi connectivity index (χ0) is 23.1. The molecule has 2 amide bonds. The number of rotatable bonds is 7. The fourth-order valence-corrected chi connectivity index (χ4v) is 3.86. The summed E-state index contributed by atoms with van der Waals surface area (Å²) in [5, 5.41) is 9.02. The van der Waals surface area contributed by atoms with Crippen LogP contribution < -0.4 is 26.6 Å². The number of hydrogen-bond donors (Lipinski definition) is 4. The Kier molecular flexibility index (Phi) is 5.28. The molecular formula is C25H27N5O3. The third kappa shape index (κ3) is 4.41. The maximum absolute atomic E-state index is 13.2. The van der Waals surface area contributed by atoms with E-state index in [4.69, 9.17) is 5.73 Å². The fourth-order valence-electron chi connectivity index (χ4n) is 3.86. The van der Waals surface area contributed by atoms with Crippen LogP contribution in [0.4, 0.5) is 5.69 Å². The van der Waals surface area contributed by atoms with Gasteiger partial charge in [0.15, 0.2) is 0 Å². The van der Waals surface area contributed by atoms with Gasteiger partial charge in [-0.2, -0.15) is 0 Å². The monoisotopic (exact) mass is 445 g/mol. The highest BCUT2D eigenvalue weighted by Crippen LogP contribution is 2.28. The highest BCUT2D eigenvalue weighted by molar-refractivity contribution is 6.10. The first-order valence-corrected chi connectivity index (χ1v) is 11.3. The molecule has 1 heterocycles. The molecule has 8 nitrogen and oxygen atoms in total. The van der Waals surface area contributed by atoms with Gasteiger partial charge in [0, 0.05) is 34.5 Å². The number of nitrogens with zero attached hydrogens (tertiary/aromatic N) is 1. The third-order valence-corrected chi connectivity index (χ3v) is 6.16. The zero-order valence-electron chi connectivity index (χ0n) is 18.5. The zero-order valence-corrected chi connectivity index (χ0v) is 18.5. The van der Waals surface area contributed by atoms with Gasteiger partial charge in [-0.1, -0.05) is 18.2 Å². The summed E-state index contributed by atoms with van der Waals surface area (Å²) in [6, 6.07) is 12.7. The molecule has 0 aromatic heterocycles. The number of Topliss-reactive ketones (excluding diaryl/α,β-unsaturated/α-hetero) is 1. The van der Waals surface area contributed by atoms with E-state index in [-0.39, 0.29) is 41.2 Å². The van der Waals surface area contributed by atoms with Crippen molar-refractivity contribution in [3.8, 4) is 0 Å². The molecule has 0 bridgehead atoms. The number of nitrogens with one attached hydrogen (secondary N) is 3. The second kappa shape index (κ2) is 8.27. The summed E-state index contributed by atoms with van der Waals surface area (Å²) in [5.41, 5.74) is 9.78. The summed E-state index contributed by atoms with van der Waals surface area (Å²) in [6.07, 6.45) is 4.03. The SMILES string of the molecule is Cc1ccc(C(=O)NC2CC2)cc1N1CNC(C(=O)c2cccc(C(=O)NC3CC3)c2)=C1N. The van der Waals surface area contributed by atoms with Crippen molar-refractivity contribution in [1.82, 2.24) is 16.0 Å². The number of carbonyl (C=O) groups is 3. The summed E-state index contributed by atoms with van der Waals surface area (Å²) in [5.74, 6) is -0.273. The van der Waals surface area contributed by atoms with Crippen LogP contribution in [0.15, 0.2) is 54.0 Å². The molecule has 1 aliphatic heterocycles. The van der Waals surface area contributed by atoms with Gasteiger partial charge >= 0.3 is 0 Å². The molecule has 2 aliphatic carbocycles. The Labute approximate surface area is 192 Å². The summed E-state index contributed by atoms with van der Waals surface area (Å²) >= 11 is 0. The predicted molar refractivity (Wildman–Crippen MR) is 125 cm³/mol. The Morgan fingerprint density at radius 3 is 2.15 bits per heavy atom. The number of ketones is 1. The molecule has 5 N–H and O–H groups in total.